The molecule has 0 aliphatic heterocycles. The van der Waals surface area contributed by atoms with Gasteiger partial charge in [-0.2, -0.15) is 30.7 Å². The van der Waals surface area contributed by atoms with E-state index in [1.165, 1.54) is 24.3 Å². The summed E-state index contributed by atoms with van der Waals surface area (Å²) in [5.41, 5.74) is -0.678. The highest BCUT2D eigenvalue weighted by molar-refractivity contribution is 9.11. The van der Waals surface area contributed by atoms with Crippen molar-refractivity contribution in [3.8, 4) is 11.1 Å². The maximum Gasteiger partial charge on any atom is 0.461 e. The highest BCUT2D eigenvalue weighted by Gasteiger charge is 2.78. The minimum Gasteiger partial charge on any atom is -0.217 e. The predicted octanol–water partition coefficient (Wildman–Crippen LogP) is 6.90. The maximum atomic E-state index is 14.1. The molecule has 0 spiro atoms. The fourth-order valence-electron chi connectivity index (χ4n) is 2.07. The summed E-state index contributed by atoms with van der Waals surface area (Å²) in [4.78, 5) is -1.46. The van der Waals surface area contributed by atoms with E-state index in [0.717, 1.165) is 0 Å². The third-order valence-electron chi connectivity index (χ3n) is 3.43. The van der Waals surface area contributed by atoms with Crippen molar-refractivity contribution in [1.82, 2.24) is 0 Å². The van der Waals surface area contributed by atoms with E-state index in [2.05, 4.69) is 37.9 Å². The SMILES string of the molecule is O=S(=O)(c1cc(Br)[c]c(Br)c1-c1ccc(Cl)cc1)C(F)(F)C(F)(F)C(F)(F)F. The van der Waals surface area contributed by atoms with Crippen molar-refractivity contribution < 1.29 is 39.2 Å². The lowest BCUT2D eigenvalue weighted by atomic mass is 10.1. The molecule has 0 fully saturated rings. The molecule has 0 atom stereocenters. The summed E-state index contributed by atoms with van der Waals surface area (Å²) in [6.45, 7) is 0. The van der Waals surface area contributed by atoms with Crippen molar-refractivity contribution in [2.45, 2.75) is 22.2 Å². The summed E-state index contributed by atoms with van der Waals surface area (Å²) in [5.74, 6) is -6.84. The highest BCUT2D eigenvalue weighted by Crippen LogP contribution is 2.52. The summed E-state index contributed by atoms with van der Waals surface area (Å²) in [6.07, 6.45) is -6.81. The van der Waals surface area contributed by atoms with Crippen molar-refractivity contribution in [2.75, 3.05) is 0 Å². The van der Waals surface area contributed by atoms with Crippen LogP contribution < -0.4 is 0 Å². The Morgan fingerprint density at radius 3 is 1.89 bits per heavy atom. The van der Waals surface area contributed by atoms with Gasteiger partial charge in [0.05, 0.1) is 4.90 Å². The van der Waals surface area contributed by atoms with Gasteiger partial charge in [0.25, 0.3) is 9.84 Å². The molecular weight excluding hydrogens is 572 g/mol. The van der Waals surface area contributed by atoms with E-state index >= 15 is 0 Å². The van der Waals surface area contributed by atoms with E-state index in [1.807, 2.05) is 0 Å². The molecule has 2 nitrogen and oxygen atoms in total. The maximum absolute atomic E-state index is 14.1. The number of halogens is 10. The van der Waals surface area contributed by atoms with E-state index in [4.69, 9.17) is 11.6 Å². The molecule has 0 saturated heterocycles. The van der Waals surface area contributed by atoms with Crippen LogP contribution in [0, 0.1) is 6.07 Å². The molecule has 0 heterocycles. The van der Waals surface area contributed by atoms with Gasteiger partial charge in [-0.1, -0.05) is 39.7 Å². The summed E-state index contributed by atoms with van der Waals surface area (Å²) in [6, 6.07) is 7.75. The van der Waals surface area contributed by atoms with Gasteiger partial charge < -0.3 is 0 Å². The third-order valence-corrected chi connectivity index (χ3v) is 6.54. The Bertz CT molecular complexity index is 1010. The average Bonchev–Trinajstić information content (AvgIpc) is 2.54. The van der Waals surface area contributed by atoms with E-state index in [0.29, 0.717) is 6.07 Å². The van der Waals surface area contributed by atoms with Crippen molar-refractivity contribution in [3.05, 3.63) is 50.4 Å². The van der Waals surface area contributed by atoms with Crippen LogP contribution in [0.5, 0.6) is 0 Å². The molecule has 0 N–H and O–H groups in total. The Morgan fingerprint density at radius 1 is 0.929 bits per heavy atom. The van der Waals surface area contributed by atoms with Crippen LogP contribution in [0.4, 0.5) is 30.7 Å². The minimum absolute atomic E-state index is 0.0928. The Morgan fingerprint density at radius 2 is 1.43 bits per heavy atom. The molecule has 0 amide bonds. The fourth-order valence-corrected chi connectivity index (χ4v) is 5.32. The summed E-state index contributed by atoms with van der Waals surface area (Å²) in [7, 11) is -6.53. The van der Waals surface area contributed by atoms with Crippen LogP contribution in [0.1, 0.15) is 0 Å². The van der Waals surface area contributed by atoms with Crippen LogP contribution in [0.25, 0.3) is 11.1 Å². The zero-order valence-corrected chi connectivity index (χ0v) is 17.6. The van der Waals surface area contributed by atoms with Gasteiger partial charge >= 0.3 is 17.4 Å². The van der Waals surface area contributed by atoms with Gasteiger partial charge in [-0.05, 0) is 39.7 Å². The first-order valence-corrected chi connectivity index (χ1v) is 10.2. The van der Waals surface area contributed by atoms with Gasteiger partial charge in [0.15, 0.2) is 0 Å². The molecule has 1 radical (unpaired) electrons. The Balaban J connectivity index is 2.85. The van der Waals surface area contributed by atoms with E-state index in [9.17, 15) is 39.2 Å². The number of benzene rings is 2. The molecule has 28 heavy (non-hydrogen) atoms. The van der Waals surface area contributed by atoms with E-state index in [-0.39, 0.29) is 19.5 Å². The standard InChI is InChI=1S/C15H5Br2ClF7O2S/c16-8-5-10(17)12(7-1-3-9(18)4-2-7)11(6-8)28(26,27)15(24,25)13(19,20)14(21,22)23/h1-4,6H. The molecule has 153 valence electrons. The Kier molecular flexibility index (Phi) is 6.23. The largest absolute Gasteiger partial charge is 0.461 e. The number of rotatable bonds is 4. The highest BCUT2D eigenvalue weighted by atomic mass is 79.9. The first-order chi connectivity index (χ1) is 12.5. The van der Waals surface area contributed by atoms with Gasteiger partial charge in [-0.15, -0.1) is 0 Å². The van der Waals surface area contributed by atoms with Gasteiger partial charge in [0.2, 0.25) is 0 Å². The van der Waals surface area contributed by atoms with Crippen molar-refractivity contribution in [3.63, 3.8) is 0 Å². The van der Waals surface area contributed by atoms with Gasteiger partial charge in [-0.3, -0.25) is 0 Å². The zero-order chi connectivity index (χ0) is 21.7. The van der Waals surface area contributed by atoms with Crippen molar-refractivity contribution >= 4 is 53.3 Å². The van der Waals surface area contributed by atoms with Crippen LogP contribution in [0.15, 0.2) is 44.2 Å². The minimum atomic E-state index is -6.84. The molecule has 13 heteroatoms. The lowest BCUT2D eigenvalue weighted by molar-refractivity contribution is -0.332. The Labute approximate surface area is 175 Å². The first-order valence-electron chi connectivity index (χ1n) is 6.78. The van der Waals surface area contributed by atoms with Crippen LogP contribution in [0.2, 0.25) is 5.02 Å². The monoisotopic (exact) mass is 575 g/mol. The molecule has 0 aliphatic carbocycles. The second kappa shape index (κ2) is 7.44. The second-order valence-corrected chi connectivity index (χ2v) is 9.31. The van der Waals surface area contributed by atoms with Crippen LogP contribution in [-0.2, 0) is 9.84 Å². The van der Waals surface area contributed by atoms with Crippen molar-refractivity contribution in [1.29, 1.82) is 0 Å². The van der Waals surface area contributed by atoms with E-state index < -0.39 is 37.6 Å². The molecule has 2 aromatic rings. The second-order valence-electron chi connectivity index (χ2n) is 5.27. The van der Waals surface area contributed by atoms with Crippen LogP contribution >= 0.6 is 43.5 Å². The summed E-state index contributed by atoms with van der Waals surface area (Å²) >= 11 is 11.3. The van der Waals surface area contributed by atoms with Gasteiger partial charge in [-0.25, -0.2) is 8.42 Å². The normalized spacial score (nSPS) is 13.6. The molecule has 2 aromatic carbocycles. The molecule has 0 bridgehead atoms. The lowest BCUT2D eigenvalue weighted by Crippen LogP contribution is -2.56. The van der Waals surface area contributed by atoms with E-state index in [1.54, 1.807) is 0 Å². The average molecular weight is 578 g/mol. The van der Waals surface area contributed by atoms with Crippen molar-refractivity contribution in [2.24, 2.45) is 0 Å². The molecule has 0 aromatic heterocycles. The number of hydrogen-bond donors (Lipinski definition) is 0. The number of hydrogen-bond acceptors (Lipinski definition) is 2. The smallest absolute Gasteiger partial charge is 0.217 e. The molecular formula is C15H5Br2ClF7O2S. The Hall–Kier alpha value is -0.850. The first kappa shape index (κ1) is 23.4. The topological polar surface area (TPSA) is 34.1 Å². The molecule has 0 saturated carbocycles. The fraction of sp³-hybridized carbons (Fsp3) is 0.200. The predicted molar refractivity (Wildman–Crippen MR) is 94.3 cm³/mol. The molecule has 2 rings (SSSR count). The lowest BCUT2D eigenvalue weighted by Gasteiger charge is -2.28. The zero-order valence-electron chi connectivity index (χ0n) is 12.9. The molecule has 0 aliphatic rings. The van der Waals surface area contributed by atoms with Gasteiger partial charge in [0.1, 0.15) is 0 Å². The van der Waals surface area contributed by atoms with Crippen LogP contribution in [-0.4, -0.2) is 25.8 Å². The number of sulfone groups is 1. The third kappa shape index (κ3) is 3.80. The van der Waals surface area contributed by atoms with Crippen LogP contribution in [0.3, 0.4) is 0 Å². The summed E-state index contributed by atoms with van der Waals surface area (Å²) in [5, 5.41) is -6.31. The quantitative estimate of drug-likeness (QED) is 0.371. The number of alkyl halides is 7. The summed E-state index contributed by atoms with van der Waals surface area (Å²) < 4.78 is 116. The van der Waals surface area contributed by atoms with Gasteiger partial charge in [0, 0.05) is 25.6 Å². The molecule has 0 unspecified atom stereocenters.